The van der Waals surface area contributed by atoms with Gasteiger partial charge in [-0.3, -0.25) is 15.0 Å². The number of hydrazine groups is 1. The Morgan fingerprint density at radius 1 is 1.10 bits per heavy atom. The van der Waals surface area contributed by atoms with Gasteiger partial charge in [0, 0.05) is 11.1 Å². The number of carbonyl (C=O) groups is 2. The van der Waals surface area contributed by atoms with Crippen LogP contribution in [0.2, 0.25) is 0 Å². The third kappa shape index (κ3) is 2.65. The molecule has 1 aromatic rings. The highest BCUT2D eigenvalue weighted by Gasteiger charge is 2.35. The Kier molecular flexibility index (Phi) is 3.57. The number of nitrogens with zero attached hydrogens (tertiary/aromatic N) is 1. The summed E-state index contributed by atoms with van der Waals surface area (Å²) < 4.78 is 38.3. The van der Waals surface area contributed by atoms with Gasteiger partial charge in [-0.1, -0.05) is 11.5 Å². The maximum Gasteiger partial charge on any atom is 0.415 e. The number of imide groups is 1. The monoisotopic (exact) mass is 294 g/mol. The summed E-state index contributed by atoms with van der Waals surface area (Å²) in [6.07, 6.45) is -4.62. The maximum absolute atomic E-state index is 12.8. The number of hydrogen-bond acceptors (Lipinski definition) is 3. The number of benzene rings is 1. The summed E-state index contributed by atoms with van der Waals surface area (Å²) in [6, 6.07) is 3.07. The van der Waals surface area contributed by atoms with E-state index in [0.717, 1.165) is 12.1 Å². The van der Waals surface area contributed by atoms with E-state index in [4.69, 9.17) is 7.85 Å². The molecule has 0 aromatic heterocycles. The van der Waals surface area contributed by atoms with Crippen molar-refractivity contribution in [2.45, 2.75) is 20.0 Å². The molecule has 1 aliphatic heterocycles. The van der Waals surface area contributed by atoms with Gasteiger partial charge >= 0.3 is 6.18 Å². The number of halogens is 3. The van der Waals surface area contributed by atoms with Crippen LogP contribution in [0.4, 0.5) is 18.9 Å². The molecule has 108 valence electrons. The van der Waals surface area contributed by atoms with Crippen LogP contribution in [-0.2, 0) is 15.8 Å². The summed E-state index contributed by atoms with van der Waals surface area (Å²) in [5, 5.41) is 0.677. The molecule has 0 fully saturated rings. The Labute approximate surface area is 120 Å². The van der Waals surface area contributed by atoms with Crippen molar-refractivity contribution in [3.8, 4) is 0 Å². The van der Waals surface area contributed by atoms with Crippen molar-refractivity contribution in [3.05, 3.63) is 34.9 Å². The molecule has 1 aliphatic rings. The third-order valence-corrected chi connectivity index (χ3v) is 3.21. The largest absolute Gasteiger partial charge is 0.415 e. The molecule has 8 heteroatoms. The minimum absolute atomic E-state index is 0.0549. The van der Waals surface area contributed by atoms with Crippen molar-refractivity contribution >= 4 is 30.8 Å². The molecule has 2 amide bonds. The first-order valence-corrected chi connectivity index (χ1v) is 5.92. The predicted octanol–water partition coefficient (Wildman–Crippen LogP) is 1.53. The second-order valence-corrected chi connectivity index (χ2v) is 4.61. The quantitative estimate of drug-likeness (QED) is 0.665. The van der Waals surface area contributed by atoms with Crippen LogP contribution in [0.25, 0.3) is 0 Å². The maximum atomic E-state index is 12.8. The van der Waals surface area contributed by atoms with E-state index in [1.54, 1.807) is 0 Å². The molecule has 2 rings (SSSR count). The van der Waals surface area contributed by atoms with Gasteiger partial charge in [-0.15, -0.1) is 0 Å². The topological polar surface area (TPSA) is 49.4 Å². The van der Waals surface area contributed by atoms with Crippen molar-refractivity contribution < 1.29 is 22.8 Å². The first kappa shape index (κ1) is 15.1. The average Bonchev–Trinajstić information content (AvgIpc) is 2.57. The van der Waals surface area contributed by atoms with Gasteiger partial charge < -0.3 is 0 Å². The molecule has 0 aliphatic carbocycles. The van der Waals surface area contributed by atoms with E-state index in [0.29, 0.717) is 5.01 Å². The molecule has 2 radical (unpaired) electrons. The van der Waals surface area contributed by atoms with E-state index < -0.39 is 29.0 Å². The Bertz CT molecular complexity index is 644. The molecule has 0 spiro atoms. The van der Waals surface area contributed by atoms with Crippen molar-refractivity contribution in [2.24, 2.45) is 0 Å². The fourth-order valence-corrected chi connectivity index (χ4v) is 1.85. The van der Waals surface area contributed by atoms with Gasteiger partial charge in [-0.25, -0.2) is 0 Å². The standard InChI is InChI=1S/C13H10BF3N2O2/c1-6-7(2)12(21)19(11(6)20)18-8-3-4-10(14)9(5-8)13(15,16)17/h3-5,18H,1-2H3. The summed E-state index contributed by atoms with van der Waals surface area (Å²) >= 11 is 0. The van der Waals surface area contributed by atoms with Crippen LogP contribution in [-0.4, -0.2) is 24.7 Å². The van der Waals surface area contributed by atoms with Crippen molar-refractivity contribution in [2.75, 3.05) is 5.43 Å². The van der Waals surface area contributed by atoms with Gasteiger partial charge in [0.25, 0.3) is 11.8 Å². The second-order valence-electron chi connectivity index (χ2n) is 4.61. The van der Waals surface area contributed by atoms with E-state index >= 15 is 0 Å². The highest BCUT2D eigenvalue weighted by atomic mass is 19.4. The van der Waals surface area contributed by atoms with Crippen molar-refractivity contribution in [1.29, 1.82) is 0 Å². The van der Waals surface area contributed by atoms with E-state index in [2.05, 4.69) is 5.43 Å². The molecule has 4 nitrogen and oxygen atoms in total. The summed E-state index contributed by atoms with van der Waals surface area (Å²) in [5.74, 6) is -1.19. The molecule has 0 saturated carbocycles. The number of nitrogens with one attached hydrogen (secondary N) is 1. The number of rotatable bonds is 2. The smallest absolute Gasteiger partial charge is 0.288 e. The number of alkyl halides is 3. The number of amides is 2. The lowest BCUT2D eigenvalue weighted by molar-refractivity contribution is -0.137. The van der Waals surface area contributed by atoms with Gasteiger partial charge in [-0.05, 0) is 26.0 Å². The van der Waals surface area contributed by atoms with E-state index in [1.165, 1.54) is 19.9 Å². The lowest BCUT2D eigenvalue weighted by Crippen LogP contribution is -2.37. The number of anilines is 1. The minimum atomic E-state index is -4.62. The lowest BCUT2D eigenvalue weighted by Gasteiger charge is -2.19. The lowest BCUT2D eigenvalue weighted by atomic mass is 9.90. The zero-order valence-corrected chi connectivity index (χ0v) is 11.2. The Morgan fingerprint density at radius 3 is 2.10 bits per heavy atom. The molecule has 1 N–H and O–H groups in total. The van der Waals surface area contributed by atoms with Gasteiger partial charge in [-0.2, -0.15) is 18.2 Å². The molecule has 0 unspecified atom stereocenters. The van der Waals surface area contributed by atoms with Gasteiger partial charge in [0.1, 0.15) is 7.85 Å². The van der Waals surface area contributed by atoms with Crippen LogP contribution >= 0.6 is 0 Å². The summed E-state index contributed by atoms with van der Waals surface area (Å²) in [5.41, 5.74) is 1.35. The van der Waals surface area contributed by atoms with Crippen molar-refractivity contribution in [1.82, 2.24) is 5.01 Å². The minimum Gasteiger partial charge on any atom is -0.288 e. The zero-order chi connectivity index (χ0) is 15.9. The predicted molar refractivity (Wildman–Crippen MR) is 70.7 cm³/mol. The van der Waals surface area contributed by atoms with E-state index in [1.807, 2.05) is 0 Å². The normalized spacial score (nSPS) is 16.0. The van der Waals surface area contributed by atoms with Crippen molar-refractivity contribution in [3.63, 3.8) is 0 Å². The van der Waals surface area contributed by atoms with Crippen LogP contribution < -0.4 is 10.9 Å². The zero-order valence-electron chi connectivity index (χ0n) is 11.2. The van der Waals surface area contributed by atoms with Gasteiger partial charge in [0.15, 0.2) is 0 Å². The highest BCUT2D eigenvalue weighted by molar-refractivity contribution is 6.33. The van der Waals surface area contributed by atoms with Gasteiger partial charge in [0.05, 0.1) is 11.3 Å². The first-order chi connectivity index (χ1) is 9.62. The summed E-state index contributed by atoms with van der Waals surface area (Å²) in [4.78, 5) is 23.6. The molecule has 0 bridgehead atoms. The Hall–Kier alpha value is -2.25. The van der Waals surface area contributed by atoms with E-state index in [9.17, 15) is 22.8 Å². The molecule has 0 saturated heterocycles. The molecule has 1 aromatic carbocycles. The van der Waals surface area contributed by atoms with Crippen LogP contribution in [0.5, 0.6) is 0 Å². The van der Waals surface area contributed by atoms with Crippen LogP contribution in [0, 0.1) is 0 Å². The second kappa shape index (κ2) is 4.94. The summed E-state index contributed by atoms with van der Waals surface area (Å²) in [6.45, 7) is 2.95. The Balaban J connectivity index is 2.31. The average molecular weight is 294 g/mol. The summed E-state index contributed by atoms with van der Waals surface area (Å²) in [7, 11) is 5.28. The van der Waals surface area contributed by atoms with Crippen LogP contribution in [0.1, 0.15) is 19.4 Å². The molecule has 0 atom stereocenters. The molecule has 21 heavy (non-hydrogen) atoms. The molecular weight excluding hydrogens is 284 g/mol. The number of hydrogen-bond donors (Lipinski definition) is 1. The number of carbonyl (C=O) groups excluding carboxylic acids is 2. The third-order valence-electron chi connectivity index (χ3n) is 3.21. The molecular formula is C13H10BF3N2O2. The SMILES string of the molecule is [B]c1ccc(NN2C(=O)C(C)=C(C)C2=O)cc1C(F)(F)F. The van der Waals surface area contributed by atoms with Gasteiger partial charge in [0.2, 0.25) is 0 Å². The molecule has 1 heterocycles. The fraction of sp³-hybridized carbons (Fsp3) is 0.231. The highest BCUT2D eigenvalue weighted by Crippen LogP contribution is 2.30. The van der Waals surface area contributed by atoms with Crippen LogP contribution in [0.3, 0.4) is 0 Å². The van der Waals surface area contributed by atoms with E-state index in [-0.39, 0.29) is 16.8 Å². The fourth-order valence-electron chi connectivity index (χ4n) is 1.85. The first-order valence-electron chi connectivity index (χ1n) is 5.92. The van der Waals surface area contributed by atoms with Crippen LogP contribution in [0.15, 0.2) is 29.3 Å². The Morgan fingerprint density at radius 2 is 1.62 bits per heavy atom.